The summed E-state index contributed by atoms with van der Waals surface area (Å²) in [5.41, 5.74) is 1.65. The standard InChI is InChI=1S/C13H15N3O2S/c1-8-6-19-11-10(8)15-7-16(13(11)18)9-4-2-3-5-14-12(9)17/h6-7,9H,2-5H2,1H3,(H,14,17)/t9-/m0/s1. The quantitative estimate of drug-likeness (QED) is 0.861. The maximum Gasteiger partial charge on any atom is 0.272 e. The summed E-state index contributed by atoms with van der Waals surface area (Å²) in [6.45, 7) is 2.63. The molecular formula is C13H15N3O2S. The number of fused-ring (bicyclic) bond motifs is 1. The molecule has 0 saturated carbocycles. The van der Waals surface area contributed by atoms with Crippen LogP contribution in [0.25, 0.3) is 10.2 Å². The van der Waals surface area contributed by atoms with Gasteiger partial charge in [0.05, 0.1) is 11.8 Å². The lowest BCUT2D eigenvalue weighted by Crippen LogP contribution is -2.35. The van der Waals surface area contributed by atoms with Gasteiger partial charge < -0.3 is 5.32 Å². The fraction of sp³-hybridized carbons (Fsp3) is 0.462. The van der Waals surface area contributed by atoms with Crippen LogP contribution in [-0.4, -0.2) is 22.0 Å². The Hall–Kier alpha value is -1.69. The summed E-state index contributed by atoms with van der Waals surface area (Å²) in [7, 11) is 0. The molecule has 5 nitrogen and oxygen atoms in total. The molecule has 6 heteroatoms. The summed E-state index contributed by atoms with van der Waals surface area (Å²) in [6, 6.07) is -0.422. The number of amides is 1. The molecule has 1 aliphatic rings. The van der Waals surface area contributed by atoms with Gasteiger partial charge in [0.2, 0.25) is 5.91 Å². The average molecular weight is 277 g/mol. The minimum atomic E-state index is -0.422. The van der Waals surface area contributed by atoms with Crippen molar-refractivity contribution < 1.29 is 4.79 Å². The fourth-order valence-electron chi connectivity index (χ4n) is 2.45. The van der Waals surface area contributed by atoms with Gasteiger partial charge in [-0.2, -0.15) is 0 Å². The number of nitrogens with zero attached hydrogens (tertiary/aromatic N) is 2. The lowest BCUT2D eigenvalue weighted by molar-refractivity contribution is -0.124. The van der Waals surface area contributed by atoms with Crippen molar-refractivity contribution in [1.29, 1.82) is 0 Å². The van der Waals surface area contributed by atoms with Crippen molar-refractivity contribution in [2.45, 2.75) is 32.2 Å². The van der Waals surface area contributed by atoms with E-state index in [4.69, 9.17) is 0 Å². The van der Waals surface area contributed by atoms with Crippen molar-refractivity contribution >= 4 is 27.5 Å². The minimum Gasteiger partial charge on any atom is -0.354 e. The van der Waals surface area contributed by atoms with Gasteiger partial charge in [-0.05, 0) is 37.1 Å². The molecule has 19 heavy (non-hydrogen) atoms. The minimum absolute atomic E-state index is 0.0750. The van der Waals surface area contributed by atoms with Crippen LogP contribution in [0.15, 0.2) is 16.5 Å². The SMILES string of the molecule is Cc1csc2c(=O)n([C@H]3CCCCNC3=O)cnc12. The monoisotopic (exact) mass is 277 g/mol. The van der Waals surface area contributed by atoms with E-state index in [9.17, 15) is 9.59 Å². The van der Waals surface area contributed by atoms with Crippen molar-refractivity contribution in [3.63, 3.8) is 0 Å². The van der Waals surface area contributed by atoms with Crippen molar-refractivity contribution in [1.82, 2.24) is 14.9 Å². The first-order chi connectivity index (χ1) is 9.18. The van der Waals surface area contributed by atoms with Gasteiger partial charge in [-0.15, -0.1) is 11.3 Å². The Labute approximate surface area is 114 Å². The van der Waals surface area contributed by atoms with Crippen molar-refractivity contribution in [2.24, 2.45) is 0 Å². The molecule has 0 aromatic carbocycles. The summed E-state index contributed by atoms with van der Waals surface area (Å²) in [6.07, 6.45) is 4.12. The van der Waals surface area contributed by atoms with Crippen LogP contribution in [0.5, 0.6) is 0 Å². The highest BCUT2D eigenvalue weighted by Crippen LogP contribution is 2.22. The zero-order valence-corrected chi connectivity index (χ0v) is 11.5. The Kier molecular flexibility index (Phi) is 3.10. The highest BCUT2D eigenvalue weighted by Gasteiger charge is 2.24. The van der Waals surface area contributed by atoms with Gasteiger partial charge in [-0.1, -0.05) is 0 Å². The van der Waals surface area contributed by atoms with Crippen LogP contribution in [0, 0.1) is 6.92 Å². The number of nitrogens with one attached hydrogen (secondary N) is 1. The number of thiophene rings is 1. The molecule has 0 radical (unpaired) electrons. The second-order valence-electron chi connectivity index (χ2n) is 4.86. The lowest BCUT2D eigenvalue weighted by Gasteiger charge is -2.15. The zero-order chi connectivity index (χ0) is 13.4. The topological polar surface area (TPSA) is 64.0 Å². The van der Waals surface area contributed by atoms with Crippen molar-refractivity contribution in [3.8, 4) is 0 Å². The van der Waals surface area contributed by atoms with E-state index in [2.05, 4.69) is 10.3 Å². The smallest absolute Gasteiger partial charge is 0.272 e. The van der Waals surface area contributed by atoms with Crippen LogP contribution in [-0.2, 0) is 4.79 Å². The molecule has 1 fully saturated rings. The number of carbonyl (C=O) groups excluding carboxylic acids is 1. The first-order valence-corrected chi connectivity index (χ1v) is 7.29. The molecule has 2 aromatic rings. The molecular weight excluding hydrogens is 262 g/mol. The van der Waals surface area contributed by atoms with Crippen LogP contribution in [0.1, 0.15) is 30.9 Å². The summed E-state index contributed by atoms with van der Waals surface area (Å²) >= 11 is 1.40. The van der Waals surface area contributed by atoms with E-state index >= 15 is 0 Å². The fourth-order valence-corrected chi connectivity index (χ4v) is 3.39. The van der Waals surface area contributed by atoms with E-state index in [-0.39, 0.29) is 11.5 Å². The maximum atomic E-state index is 12.5. The van der Waals surface area contributed by atoms with Crippen LogP contribution < -0.4 is 10.9 Å². The Morgan fingerprint density at radius 3 is 3.11 bits per heavy atom. The Bertz CT molecular complexity index is 689. The zero-order valence-electron chi connectivity index (χ0n) is 10.7. The molecule has 100 valence electrons. The lowest BCUT2D eigenvalue weighted by atomic mass is 10.1. The average Bonchev–Trinajstić information content (AvgIpc) is 2.64. The van der Waals surface area contributed by atoms with Crippen molar-refractivity contribution in [3.05, 3.63) is 27.6 Å². The molecule has 1 saturated heterocycles. The number of carbonyl (C=O) groups is 1. The number of aryl methyl sites for hydroxylation is 1. The molecule has 1 atom stereocenters. The summed E-state index contributed by atoms with van der Waals surface area (Å²) in [5, 5.41) is 4.78. The highest BCUT2D eigenvalue weighted by molar-refractivity contribution is 7.17. The van der Waals surface area contributed by atoms with E-state index in [0.29, 0.717) is 17.7 Å². The molecule has 3 heterocycles. The van der Waals surface area contributed by atoms with Gasteiger partial charge in [0.25, 0.3) is 5.56 Å². The van der Waals surface area contributed by atoms with Crippen LogP contribution in [0.3, 0.4) is 0 Å². The molecule has 1 amide bonds. The molecule has 0 unspecified atom stereocenters. The summed E-state index contributed by atoms with van der Waals surface area (Å²) in [5.74, 6) is -0.0750. The van der Waals surface area contributed by atoms with E-state index in [0.717, 1.165) is 23.9 Å². The van der Waals surface area contributed by atoms with Gasteiger partial charge in [0, 0.05) is 6.54 Å². The van der Waals surface area contributed by atoms with Crippen LogP contribution in [0.4, 0.5) is 0 Å². The number of hydrogen-bond donors (Lipinski definition) is 1. The normalized spacial score (nSPS) is 20.3. The Morgan fingerprint density at radius 1 is 1.42 bits per heavy atom. The molecule has 0 aliphatic carbocycles. The van der Waals surface area contributed by atoms with E-state index < -0.39 is 6.04 Å². The molecule has 1 aliphatic heterocycles. The van der Waals surface area contributed by atoms with Gasteiger partial charge in [0.15, 0.2) is 0 Å². The van der Waals surface area contributed by atoms with Gasteiger partial charge in [-0.3, -0.25) is 14.2 Å². The summed E-state index contributed by atoms with van der Waals surface area (Å²) in [4.78, 5) is 28.8. The van der Waals surface area contributed by atoms with Crippen LogP contribution in [0.2, 0.25) is 0 Å². The first kappa shape index (κ1) is 12.3. The van der Waals surface area contributed by atoms with E-state index in [1.165, 1.54) is 22.2 Å². The third-order valence-electron chi connectivity index (χ3n) is 3.52. The number of aromatic nitrogens is 2. The highest BCUT2D eigenvalue weighted by atomic mass is 32.1. The second-order valence-corrected chi connectivity index (χ2v) is 5.74. The predicted molar refractivity (Wildman–Crippen MR) is 74.5 cm³/mol. The van der Waals surface area contributed by atoms with Gasteiger partial charge in [0.1, 0.15) is 10.7 Å². The van der Waals surface area contributed by atoms with E-state index in [1.807, 2.05) is 12.3 Å². The molecule has 2 aromatic heterocycles. The molecule has 3 rings (SSSR count). The van der Waals surface area contributed by atoms with E-state index in [1.54, 1.807) is 0 Å². The van der Waals surface area contributed by atoms with Crippen LogP contribution >= 0.6 is 11.3 Å². The largest absolute Gasteiger partial charge is 0.354 e. The maximum absolute atomic E-state index is 12.5. The third kappa shape index (κ3) is 2.06. The predicted octanol–water partition coefficient (Wildman–Crippen LogP) is 1.61. The van der Waals surface area contributed by atoms with Gasteiger partial charge >= 0.3 is 0 Å². The Morgan fingerprint density at radius 2 is 2.26 bits per heavy atom. The van der Waals surface area contributed by atoms with Crippen molar-refractivity contribution in [2.75, 3.05) is 6.54 Å². The summed E-state index contributed by atoms with van der Waals surface area (Å²) < 4.78 is 2.12. The molecule has 0 spiro atoms. The third-order valence-corrected chi connectivity index (χ3v) is 4.60. The molecule has 1 N–H and O–H groups in total. The first-order valence-electron chi connectivity index (χ1n) is 6.41. The number of hydrogen-bond acceptors (Lipinski definition) is 4. The second kappa shape index (κ2) is 4.77. The Balaban J connectivity index is 2.11. The number of rotatable bonds is 1. The molecule has 0 bridgehead atoms. The van der Waals surface area contributed by atoms with Gasteiger partial charge in [-0.25, -0.2) is 4.98 Å².